The van der Waals surface area contributed by atoms with Gasteiger partial charge in [0.2, 0.25) is 0 Å². The first kappa shape index (κ1) is 36.9. The summed E-state index contributed by atoms with van der Waals surface area (Å²) >= 11 is 1.13. The number of pyridine rings is 1. The maximum Gasteiger partial charge on any atom is 0.135 e. The first-order valence-electron chi connectivity index (χ1n) is 25.8. The van der Waals surface area contributed by atoms with Crippen LogP contribution in [0.1, 0.15) is 88.6 Å². The predicted molar refractivity (Wildman–Crippen MR) is 279 cm³/mol. The van der Waals surface area contributed by atoms with E-state index in [-0.39, 0.29) is 89.0 Å². The molecule has 0 amide bonds. The van der Waals surface area contributed by atoms with Crippen LogP contribution in [-0.4, -0.2) is 9.55 Å². The Balaban J connectivity index is 0.00000626. The summed E-state index contributed by atoms with van der Waals surface area (Å²) in [4.78, 5) is 9.30. The molecule has 7 aromatic carbocycles. The van der Waals surface area contributed by atoms with Gasteiger partial charge < -0.3 is 19.1 Å². The van der Waals surface area contributed by atoms with Gasteiger partial charge in [0.15, 0.2) is 0 Å². The molecule has 0 radical (unpaired) electrons. The molecule has 11 rings (SSSR count). The van der Waals surface area contributed by atoms with Crippen LogP contribution in [0.3, 0.4) is 0 Å². The van der Waals surface area contributed by atoms with E-state index in [4.69, 9.17) is 17.9 Å². The fourth-order valence-corrected chi connectivity index (χ4v) is 9.88. The van der Waals surface area contributed by atoms with E-state index < -0.39 is 6.04 Å². The molecule has 0 fully saturated rings. The van der Waals surface area contributed by atoms with Crippen molar-refractivity contribution in [2.75, 3.05) is 9.80 Å². The summed E-state index contributed by atoms with van der Waals surface area (Å²) in [6.07, 6.45) is 1.82. The van der Waals surface area contributed by atoms with Crippen molar-refractivity contribution in [2.24, 2.45) is 0 Å². The standard InChI is InChI=1S/C60H53N4OS.Pt/c1-58(2,3)39-28-29-61-56(34-39)64-51-27-24-38(46-19-15-20-49-48-18-10-13-23-55(48)66-57(46)49)30-50(51)47-26-25-45(36-54(47)64)65-44-17-14-16-42(35-44)62-37-63(53-22-12-11-21-52(53)62)43-32-40(59(4,5)6)31-41(33-43)60(7,8)9;/h10-34,37H,1-9H3;/q-3;/i10D,13D,15D,18D,19D,20D,23D;. The van der Waals surface area contributed by atoms with E-state index >= 15 is 0 Å². The van der Waals surface area contributed by atoms with Crippen molar-refractivity contribution < 1.29 is 35.4 Å². The molecule has 0 aliphatic carbocycles. The number of anilines is 4. The van der Waals surface area contributed by atoms with Gasteiger partial charge in [0.1, 0.15) is 5.82 Å². The van der Waals surface area contributed by atoms with E-state index in [1.807, 2.05) is 60.8 Å². The number of fused-ring (bicyclic) bond motifs is 7. The average molecular weight is 1080 g/mol. The van der Waals surface area contributed by atoms with Gasteiger partial charge in [0, 0.05) is 81.5 Å². The molecule has 338 valence electrons. The monoisotopic (exact) mass is 1080 g/mol. The number of rotatable bonds is 6. The SMILES string of the molecule is [2H]c1c([2H])c([2H])c2c(sc3c(-c4ccc5c(c4)c4ccc(Oc6[c-]c(N7[CH-]N(c8cc(C(C)(C)C)cc(C(C)(C)C)c8)c8ccccc87)ccc6)[c-]c4n5-c4cc(C(C)(C)C)ccn4)c([2H])c([2H])c([2H])c32)c1[2H].[Pt]. The van der Waals surface area contributed by atoms with Gasteiger partial charge in [-0.1, -0.05) is 134 Å². The molecule has 1 aliphatic heterocycles. The van der Waals surface area contributed by atoms with Gasteiger partial charge in [-0.05, 0) is 98.0 Å². The molecule has 10 aromatic rings. The number of ether oxygens (including phenoxy) is 1. The molecule has 1 aliphatic rings. The first-order chi connectivity index (χ1) is 34.5. The second-order valence-electron chi connectivity index (χ2n) is 20.2. The van der Waals surface area contributed by atoms with Crippen molar-refractivity contribution in [1.29, 1.82) is 0 Å². The van der Waals surface area contributed by atoms with Crippen molar-refractivity contribution in [3.63, 3.8) is 0 Å². The fraction of sp³-hybridized carbons (Fsp3) is 0.200. The Kier molecular flexibility index (Phi) is 9.10. The Labute approximate surface area is 422 Å². The second kappa shape index (κ2) is 16.5. The summed E-state index contributed by atoms with van der Waals surface area (Å²) in [5, 5.41) is 2.09. The van der Waals surface area contributed by atoms with Crippen LogP contribution in [0.2, 0.25) is 0 Å². The largest absolute Gasteiger partial charge is 0.509 e. The number of hydrogen-bond acceptors (Lipinski definition) is 5. The Morgan fingerprint density at radius 1 is 0.612 bits per heavy atom. The summed E-state index contributed by atoms with van der Waals surface area (Å²) in [5.74, 6) is 1.64. The predicted octanol–water partition coefficient (Wildman–Crippen LogP) is 16.9. The van der Waals surface area contributed by atoms with Crippen molar-refractivity contribution in [3.05, 3.63) is 187 Å². The summed E-state index contributed by atoms with van der Waals surface area (Å²) in [5.41, 5.74) is 9.84. The molecule has 0 spiro atoms. The molecule has 0 N–H and O–H groups in total. The molecule has 0 saturated heterocycles. The molecular weight excluding hydrogens is 1020 g/mol. The van der Waals surface area contributed by atoms with Gasteiger partial charge in [-0.3, -0.25) is 0 Å². The van der Waals surface area contributed by atoms with Gasteiger partial charge in [0.25, 0.3) is 0 Å². The van der Waals surface area contributed by atoms with E-state index in [9.17, 15) is 1.37 Å². The van der Waals surface area contributed by atoms with Crippen molar-refractivity contribution >= 4 is 76.1 Å². The Hall–Kier alpha value is -6.20. The minimum absolute atomic E-state index is 0. The van der Waals surface area contributed by atoms with Gasteiger partial charge in [-0.2, -0.15) is 12.1 Å². The van der Waals surface area contributed by atoms with E-state index in [1.165, 1.54) is 11.1 Å². The summed E-state index contributed by atoms with van der Waals surface area (Å²) in [6.45, 7) is 22.1. The van der Waals surface area contributed by atoms with E-state index in [0.717, 1.165) is 55.9 Å². The van der Waals surface area contributed by atoms with Crippen LogP contribution in [0.25, 0.3) is 58.9 Å². The second-order valence-corrected chi connectivity index (χ2v) is 21.2. The van der Waals surface area contributed by atoms with Crippen LogP contribution in [0.5, 0.6) is 11.5 Å². The number of thiophene rings is 1. The van der Waals surface area contributed by atoms with Gasteiger partial charge in [-0.25, -0.2) is 4.98 Å². The normalized spacial score (nSPS) is 14.7. The molecule has 0 atom stereocenters. The number of nitrogens with zero attached hydrogens (tertiary/aromatic N) is 4. The van der Waals surface area contributed by atoms with Crippen LogP contribution in [0.4, 0.5) is 22.7 Å². The Morgan fingerprint density at radius 2 is 1.31 bits per heavy atom. The van der Waals surface area contributed by atoms with Crippen LogP contribution >= 0.6 is 11.3 Å². The zero-order valence-corrected chi connectivity index (χ0v) is 42.0. The summed E-state index contributed by atoms with van der Waals surface area (Å²) in [6, 6.07) is 40.2. The van der Waals surface area contributed by atoms with E-state index in [1.54, 1.807) is 0 Å². The van der Waals surface area contributed by atoms with Crippen LogP contribution in [0, 0.1) is 18.8 Å². The number of benzene rings is 7. The molecule has 4 heterocycles. The Morgan fingerprint density at radius 3 is 2.06 bits per heavy atom. The maximum atomic E-state index is 9.24. The Bertz CT molecular complexity index is 3910. The minimum atomic E-state index is -0.404. The number of para-hydroxylation sites is 2. The van der Waals surface area contributed by atoms with Crippen molar-refractivity contribution in [1.82, 2.24) is 9.55 Å². The first-order valence-corrected chi connectivity index (χ1v) is 23.1. The fourth-order valence-electron chi connectivity index (χ4n) is 8.80. The van der Waals surface area contributed by atoms with Gasteiger partial charge in [0.05, 0.1) is 9.60 Å². The minimum Gasteiger partial charge on any atom is -0.509 e. The van der Waals surface area contributed by atoms with Crippen molar-refractivity contribution in [3.8, 4) is 28.4 Å². The van der Waals surface area contributed by atoms with Crippen LogP contribution in [0.15, 0.2) is 152 Å². The topological polar surface area (TPSA) is 33.5 Å². The third kappa shape index (κ3) is 8.02. The molecule has 67 heavy (non-hydrogen) atoms. The zero-order chi connectivity index (χ0) is 51.8. The maximum absolute atomic E-state index is 9.24. The third-order valence-corrected chi connectivity index (χ3v) is 13.6. The molecule has 0 unspecified atom stereocenters. The van der Waals surface area contributed by atoms with Gasteiger partial charge in [-0.15, -0.1) is 59.4 Å². The zero-order valence-electron chi connectivity index (χ0n) is 45.9. The molecule has 7 heteroatoms. The molecular formula is C60H53N4OPtS-3. The number of aromatic nitrogens is 2. The summed E-state index contributed by atoms with van der Waals surface area (Å²) < 4.78 is 70.9. The summed E-state index contributed by atoms with van der Waals surface area (Å²) in [7, 11) is 0. The molecule has 3 aromatic heterocycles. The molecule has 0 saturated carbocycles. The van der Waals surface area contributed by atoms with Crippen LogP contribution < -0.4 is 14.5 Å². The average Bonchev–Trinajstić information content (AvgIpc) is 4.04. The van der Waals surface area contributed by atoms with Crippen molar-refractivity contribution in [2.45, 2.75) is 78.6 Å². The molecule has 5 nitrogen and oxygen atoms in total. The van der Waals surface area contributed by atoms with E-state index in [2.05, 4.69) is 144 Å². The van der Waals surface area contributed by atoms with Gasteiger partial charge >= 0.3 is 0 Å². The number of hydrogen-bond donors (Lipinski definition) is 0. The molecule has 0 bridgehead atoms. The smallest absolute Gasteiger partial charge is 0.135 e. The van der Waals surface area contributed by atoms with Crippen LogP contribution in [-0.2, 0) is 37.3 Å². The third-order valence-electron chi connectivity index (χ3n) is 12.5. The quantitative estimate of drug-likeness (QED) is 0.155. The van der Waals surface area contributed by atoms with E-state index in [0.29, 0.717) is 38.7 Å².